The summed E-state index contributed by atoms with van der Waals surface area (Å²) < 4.78 is 39.7. The van der Waals surface area contributed by atoms with Gasteiger partial charge < -0.3 is 9.29 Å². The minimum Gasteiger partial charge on any atom is -0.744 e. The van der Waals surface area contributed by atoms with Crippen LogP contribution in [0.25, 0.3) is 0 Å². The number of para-hydroxylation sites is 1. The zero-order chi connectivity index (χ0) is 17.4. The van der Waals surface area contributed by atoms with Crippen LogP contribution in [0.3, 0.4) is 0 Å². The van der Waals surface area contributed by atoms with Gasteiger partial charge in [-0.15, -0.1) is 0 Å². The molecular formula is C19H23KO4S. The van der Waals surface area contributed by atoms with Gasteiger partial charge in [0.1, 0.15) is 21.6 Å². The summed E-state index contributed by atoms with van der Waals surface area (Å²) >= 11 is 0. The molecule has 0 bridgehead atoms. The molecule has 0 unspecified atom stereocenters. The number of hydrogen-bond donors (Lipinski definition) is 0. The van der Waals surface area contributed by atoms with Gasteiger partial charge in [-0.3, -0.25) is 0 Å². The van der Waals surface area contributed by atoms with Crippen LogP contribution in [0.1, 0.15) is 44.6 Å². The standard InChI is InChI=1S/C19H24O4S.K/c1-2-3-4-5-7-10-16-15-18(24(20,21)22)13-14-19(16)23-17-11-8-6-9-12-17;/h6,8-9,11-15H,2-5,7,10H2,1H3,(H,20,21,22);/q;+1/p-1. The molecule has 0 atom stereocenters. The average molecular weight is 387 g/mol. The maximum atomic E-state index is 11.3. The van der Waals surface area contributed by atoms with Crippen molar-refractivity contribution in [1.82, 2.24) is 0 Å². The van der Waals surface area contributed by atoms with E-state index in [2.05, 4.69) is 6.92 Å². The van der Waals surface area contributed by atoms with E-state index in [1.807, 2.05) is 30.3 Å². The van der Waals surface area contributed by atoms with Gasteiger partial charge in [-0.25, -0.2) is 8.42 Å². The molecule has 0 spiro atoms. The molecule has 0 heterocycles. The summed E-state index contributed by atoms with van der Waals surface area (Å²) in [5.41, 5.74) is 0.757. The van der Waals surface area contributed by atoms with E-state index < -0.39 is 10.1 Å². The van der Waals surface area contributed by atoms with Crippen LogP contribution in [-0.2, 0) is 16.5 Å². The maximum Gasteiger partial charge on any atom is 1.00 e. The van der Waals surface area contributed by atoms with Gasteiger partial charge >= 0.3 is 51.4 Å². The Bertz CT molecular complexity index is 745. The van der Waals surface area contributed by atoms with Gasteiger partial charge in [0.2, 0.25) is 0 Å². The van der Waals surface area contributed by atoms with Gasteiger partial charge in [-0.05, 0) is 48.7 Å². The van der Waals surface area contributed by atoms with Crippen LogP contribution in [0, 0.1) is 0 Å². The number of aryl methyl sites for hydroxylation is 1. The van der Waals surface area contributed by atoms with Gasteiger partial charge in [-0.2, -0.15) is 0 Å². The van der Waals surface area contributed by atoms with E-state index in [1.54, 1.807) is 6.07 Å². The van der Waals surface area contributed by atoms with Crippen LogP contribution in [0.2, 0.25) is 0 Å². The van der Waals surface area contributed by atoms with E-state index in [0.717, 1.165) is 24.8 Å². The summed E-state index contributed by atoms with van der Waals surface area (Å²) in [4.78, 5) is -0.202. The first-order valence-electron chi connectivity index (χ1n) is 8.32. The summed E-state index contributed by atoms with van der Waals surface area (Å²) in [7, 11) is -4.46. The average Bonchev–Trinajstić information content (AvgIpc) is 2.56. The number of rotatable bonds is 9. The second-order valence-corrected chi connectivity index (χ2v) is 7.18. The molecule has 6 heteroatoms. The largest absolute Gasteiger partial charge is 1.00 e. The van der Waals surface area contributed by atoms with Crippen molar-refractivity contribution >= 4 is 10.1 Å². The van der Waals surface area contributed by atoms with Crippen molar-refractivity contribution < 1.29 is 69.1 Å². The summed E-state index contributed by atoms with van der Waals surface area (Å²) in [6.07, 6.45) is 6.23. The molecule has 0 fully saturated rings. The van der Waals surface area contributed by atoms with Crippen LogP contribution in [-0.4, -0.2) is 13.0 Å². The van der Waals surface area contributed by atoms with Crippen molar-refractivity contribution in [2.24, 2.45) is 0 Å². The topological polar surface area (TPSA) is 66.4 Å². The summed E-state index contributed by atoms with van der Waals surface area (Å²) in [5.74, 6) is 1.28. The van der Waals surface area contributed by atoms with Crippen molar-refractivity contribution in [3.05, 3.63) is 54.1 Å². The van der Waals surface area contributed by atoms with Gasteiger partial charge in [0.15, 0.2) is 0 Å². The first-order chi connectivity index (χ1) is 11.5. The first-order valence-corrected chi connectivity index (χ1v) is 9.73. The Balaban J connectivity index is 0.00000312. The van der Waals surface area contributed by atoms with Crippen LogP contribution in [0.15, 0.2) is 53.4 Å². The Morgan fingerprint density at radius 3 is 2.28 bits per heavy atom. The molecule has 2 aromatic rings. The summed E-state index contributed by atoms with van der Waals surface area (Å²) in [6, 6.07) is 13.6. The van der Waals surface area contributed by atoms with Gasteiger partial charge in [0.05, 0.1) is 4.90 Å². The number of benzene rings is 2. The van der Waals surface area contributed by atoms with Crippen LogP contribution in [0.5, 0.6) is 11.5 Å². The molecule has 0 saturated heterocycles. The van der Waals surface area contributed by atoms with E-state index in [0.29, 0.717) is 17.9 Å². The molecule has 2 aromatic carbocycles. The van der Waals surface area contributed by atoms with E-state index in [9.17, 15) is 13.0 Å². The van der Waals surface area contributed by atoms with Crippen LogP contribution >= 0.6 is 0 Å². The quantitative estimate of drug-likeness (QED) is 0.375. The third kappa shape index (κ3) is 7.91. The van der Waals surface area contributed by atoms with Crippen LogP contribution in [0.4, 0.5) is 0 Å². The molecule has 130 valence electrons. The number of hydrogen-bond acceptors (Lipinski definition) is 4. The number of unbranched alkanes of at least 4 members (excludes halogenated alkanes) is 4. The normalized spacial score (nSPS) is 11.0. The predicted octanol–water partition coefficient (Wildman–Crippen LogP) is 1.90. The fourth-order valence-corrected chi connectivity index (χ4v) is 3.06. The molecule has 0 aromatic heterocycles. The molecule has 0 radical (unpaired) electrons. The fourth-order valence-electron chi connectivity index (χ4n) is 2.54. The Hall–Kier alpha value is -0.214. The van der Waals surface area contributed by atoms with Crippen molar-refractivity contribution in [2.75, 3.05) is 0 Å². The zero-order valence-electron chi connectivity index (χ0n) is 14.9. The first kappa shape index (κ1) is 22.8. The molecule has 0 amide bonds. The van der Waals surface area contributed by atoms with E-state index >= 15 is 0 Å². The SMILES string of the molecule is CCCCCCCc1cc(S(=O)(=O)[O-])ccc1Oc1ccccc1.[K+]. The Morgan fingerprint density at radius 2 is 1.64 bits per heavy atom. The van der Waals surface area contributed by atoms with Gasteiger partial charge in [-0.1, -0.05) is 50.8 Å². The van der Waals surface area contributed by atoms with Crippen molar-refractivity contribution in [3.8, 4) is 11.5 Å². The molecule has 4 nitrogen and oxygen atoms in total. The van der Waals surface area contributed by atoms with Gasteiger partial charge in [0.25, 0.3) is 0 Å². The molecular weight excluding hydrogens is 363 g/mol. The van der Waals surface area contributed by atoms with Crippen LogP contribution < -0.4 is 56.1 Å². The molecule has 2 rings (SSSR count). The molecule has 0 saturated carbocycles. The zero-order valence-corrected chi connectivity index (χ0v) is 18.8. The molecule has 0 aliphatic heterocycles. The Kier molecular flexibility index (Phi) is 10.5. The minimum absolute atomic E-state index is 0. The third-order valence-electron chi connectivity index (χ3n) is 3.84. The van der Waals surface area contributed by atoms with Crippen molar-refractivity contribution in [2.45, 2.75) is 50.3 Å². The second-order valence-electron chi connectivity index (χ2n) is 5.80. The predicted molar refractivity (Wildman–Crippen MR) is 93.4 cm³/mol. The second kappa shape index (κ2) is 11.5. The molecule has 0 N–H and O–H groups in total. The maximum absolute atomic E-state index is 11.3. The molecule has 0 aliphatic carbocycles. The Morgan fingerprint density at radius 1 is 0.960 bits per heavy atom. The monoisotopic (exact) mass is 386 g/mol. The third-order valence-corrected chi connectivity index (χ3v) is 4.67. The van der Waals surface area contributed by atoms with Crippen molar-refractivity contribution in [3.63, 3.8) is 0 Å². The van der Waals surface area contributed by atoms with E-state index in [4.69, 9.17) is 4.74 Å². The minimum atomic E-state index is -4.46. The number of ether oxygens (including phenoxy) is 1. The fraction of sp³-hybridized carbons (Fsp3) is 0.368. The van der Waals surface area contributed by atoms with E-state index in [-0.39, 0.29) is 56.3 Å². The van der Waals surface area contributed by atoms with Gasteiger partial charge in [0, 0.05) is 0 Å². The molecule has 25 heavy (non-hydrogen) atoms. The molecule has 0 aliphatic rings. The summed E-state index contributed by atoms with van der Waals surface area (Å²) in [6.45, 7) is 2.16. The smallest absolute Gasteiger partial charge is 0.744 e. The summed E-state index contributed by atoms with van der Waals surface area (Å²) in [5, 5.41) is 0. The Labute approximate surface area is 193 Å². The van der Waals surface area contributed by atoms with Crippen molar-refractivity contribution in [1.29, 1.82) is 0 Å². The van der Waals surface area contributed by atoms with E-state index in [1.165, 1.54) is 25.0 Å².